The molecule has 2 heterocycles. The number of nitrogens with zero attached hydrogens (tertiary/aromatic N) is 4. The summed E-state index contributed by atoms with van der Waals surface area (Å²) >= 11 is 5.89. The molecule has 3 rings (SSSR count). The lowest BCUT2D eigenvalue weighted by Crippen LogP contribution is -2.47. The van der Waals surface area contributed by atoms with Gasteiger partial charge in [-0.3, -0.25) is 4.79 Å². The van der Waals surface area contributed by atoms with Crippen LogP contribution in [0.5, 0.6) is 5.88 Å². The van der Waals surface area contributed by atoms with Crippen molar-refractivity contribution < 1.29 is 13.9 Å². The summed E-state index contributed by atoms with van der Waals surface area (Å²) in [6, 6.07) is 9.16. The number of amides is 1. The van der Waals surface area contributed by atoms with Crippen molar-refractivity contribution in [3.05, 3.63) is 71.4 Å². The van der Waals surface area contributed by atoms with E-state index in [0.29, 0.717) is 23.9 Å². The van der Waals surface area contributed by atoms with Gasteiger partial charge in [-0.05, 0) is 44.5 Å². The third kappa shape index (κ3) is 5.17. The van der Waals surface area contributed by atoms with Crippen molar-refractivity contribution in [2.45, 2.75) is 39.3 Å². The van der Waals surface area contributed by atoms with Gasteiger partial charge in [0.2, 0.25) is 5.88 Å². The highest BCUT2D eigenvalue weighted by Gasteiger charge is 2.30. The number of aromatic nitrogens is 3. The molecule has 0 aliphatic carbocycles. The number of likely N-dealkylation sites (N-methyl/N-ethyl adjacent to an activating group) is 1. The summed E-state index contributed by atoms with van der Waals surface area (Å²) in [7, 11) is 0. The largest absolute Gasteiger partial charge is 0.472 e. The molecule has 8 heteroatoms. The number of pyridine rings is 1. The van der Waals surface area contributed by atoms with Crippen LogP contribution < -0.4 is 4.74 Å². The Balaban J connectivity index is 1.91. The minimum atomic E-state index is -0.546. The highest BCUT2D eigenvalue weighted by molar-refractivity contribution is 6.30. The summed E-state index contributed by atoms with van der Waals surface area (Å²) in [5.41, 5.74) is 0.303. The van der Waals surface area contributed by atoms with Gasteiger partial charge in [0.1, 0.15) is 11.9 Å². The molecule has 3 aromatic rings. The summed E-state index contributed by atoms with van der Waals surface area (Å²) in [6.45, 7) is 6.16. The highest BCUT2D eigenvalue weighted by atomic mass is 35.5. The normalized spacial score (nSPS) is 12.8. The standard InChI is InChI=1S/C23H24ClFN4O2/c1-4-19(15(3)31-20-11-10-16(24)14-28-20)29(5-2)23(30)17-8-6-9-18(25)21(17)22-26-12-7-13-27-22/h6-15,19H,4-5H2,1-3H3. The predicted molar refractivity (Wildman–Crippen MR) is 118 cm³/mol. The van der Waals surface area contributed by atoms with Gasteiger partial charge in [0.25, 0.3) is 5.91 Å². The third-order valence-corrected chi connectivity index (χ3v) is 5.23. The van der Waals surface area contributed by atoms with Gasteiger partial charge in [-0.1, -0.05) is 24.6 Å². The molecule has 0 fully saturated rings. The maximum absolute atomic E-state index is 14.7. The molecule has 0 bridgehead atoms. The molecule has 1 aromatic carbocycles. The number of ether oxygens (including phenoxy) is 1. The van der Waals surface area contributed by atoms with Crippen LogP contribution >= 0.6 is 11.6 Å². The Hall–Kier alpha value is -3.06. The zero-order valence-corrected chi connectivity index (χ0v) is 18.4. The van der Waals surface area contributed by atoms with Crippen molar-refractivity contribution in [3.8, 4) is 17.3 Å². The second kappa shape index (κ2) is 10.3. The fourth-order valence-electron chi connectivity index (χ4n) is 3.55. The molecule has 1 amide bonds. The lowest BCUT2D eigenvalue weighted by atomic mass is 10.0. The lowest BCUT2D eigenvalue weighted by Gasteiger charge is -2.34. The van der Waals surface area contributed by atoms with Crippen LogP contribution in [0.1, 0.15) is 37.6 Å². The van der Waals surface area contributed by atoms with Crippen molar-refractivity contribution in [1.29, 1.82) is 0 Å². The summed E-state index contributed by atoms with van der Waals surface area (Å²) in [6.07, 6.45) is 4.83. The number of carbonyl (C=O) groups is 1. The molecule has 0 aliphatic heterocycles. The van der Waals surface area contributed by atoms with Crippen LogP contribution in [0.25, 0.3) is 11.4 Å². The van der Waals surface area contributed by atoms with E-state index in [1.807, 2.05) is 20.8 Å². The maximum atomic E-state index is 14.7. The van der Waals surface area contributed by atoms with Crippen molar-refractivity contribution in [1.82, 2.24) is 19.9 Å². The number of hydrogen-bond donors (Lipinski definition) is 0. The van der Waals surface area contributed by atoms with E-state index in [-0.39, 0.29) is 35.0 Å². The average Bonchev–Trinajstić information content (AvgIpc) is 2.78. The number of carbonyl (C=O) groups excluding carboxylic acids is 1. The first-order valence-electron chi connectivity index (χ1n) is 10.1. The Bertz CT molecular complexity index is 1020. The van der Waals surface area contributed by atoms with Crippen molar-refractivity contribution in [3.63, 3.8) is 0 Å². The van der Waals surface area contributed by atoms with Gasteiger partial charge in [-0.25, -0.2) is 19.3 Å². The van der Waals surface area contributed by atoms with Gasteiger partial charge >= 0.3 is 0 Å². The summed E-state index contributed by atoms with van der Waals surface area (Å²) < 4.78 is 20.7. The molecule has 0 saturated heterocycles. The molecule has 162 valence electrons. The molecular formula is C23H24ClFN4O2. The highest BCUT2D eigenvalue weighted by Crippen LogP contribution is 2.27. The lowest BCUT2D eigenvalue weighted by molar-refractivity contribution is 0.0471. The smallest absolute Gasteiger partial charge is 0.255 e. The molecule has 2 unspecified atom stereocenters. The van der Waals surface area contributed by atoms with Crippen LogP contribution in [-0.2, 0) is 0 Å². The van der Waals surface area contributed by atoms with Crippen LogP contribution in [-0.4, -0.2) is 44.4 Å². The predicted octanol–water partition coefficient (Wildman–Crippen LogP) is 5.04. The summed E-state index contributed by atoms with van der Waals surface area (Å²) in [5, 5.41) is 0.513. The summed E-state index contributed by atoms with van der Waals surface area (Å²) in [4.78, 5) is 27.7. The average molecular weight is 443 g/mol. The van der Waals surface area contributed by atoms with E-state index in [9.17, 15) is 9.18 Å². The molecule has 0 radical (unpaired) electrons. The van der Waals surface area contributed by atoms with Crippen LogP contribution in [0.3, 0.4) is 0 Å². The number of hydrogen-bond acceptors (Lipinski definition) is 5. The van der Waals surface area contributed by atoms with Crippen molar-refractivity contribution in [2.75, 3.05) is 6.54 Å². The first-order chi connectivity index (χ1) is 15.0. The molecule has 0 N–H and O–H groups in total. The van der Waals surface area contributed by atoms with E-state index in [1.165, 1.54) is 30.7 Å². The van der Waals surface area contributed by atoms with Gasteiger partial charge in [-0.15, -0.1) is 0 Å². The molecule has 2 atom stereocenters. The van der Waals surface area contributed by atoms with E-state index in [4.69, 9.17) is 16.3 Å². The van der Waals surface area contributed by atoms with Crippen LogP contribution in [0, 0.1) is 5.82 Å². The zero-order valence-electron chi connectivity index (χ0n) is 17.6. The Morgan fingerprint density at radius 3 is 2.48 bits per heavy atom. The number of rotatable bonds is 8. The van der Waals surface area contributed by atoms with E-state index in [1.54, 1.807) is 29.2 Å². The number of halogens is 2. The van der Waals surface area contributed by atoms with E-state index in [2.05, 4.69) is 15.0 Å². The molecular weight excluding hydrogens is 419 g/mol. The minimum absolute atomic E-state index is 0.0920. The Kier molecular flexibility index (Phi) is 7.52. The van der Waals surface area contributed by atoms with Gasteiger partial charge in [0.15, 0.2) is 5.82 Å². The molecule has 0 saturated carbocycles. The van der Waals surface area contributed by atoms with Crippen LogP contribution in [0.4, 0.5) is 4.39 Å². The van der Waals surface area contributed by atoms with Gasteiger partial charge in [0.05, 0.1) is 22.2 Å². The van der Waals surface area contributed by atoms with Gasteiger partial charge < -0.3 is 9.64 Å². The molecule has 0 spiro atoms. The zero-order chi connectivity index (χ0) is 22.4. The second-order valence-electron chi connectivity index (χ2n) is 6.94. The molecule has 31 heavy (non-hydrogen) atoms. The molecule has 0 aliphatic rings. The Labute approximate surface area is 186 Å². The van der Waals surface area contributed by atoms with Crippen molar-refractivity contribution in [2.24, 2.45) is 0 Å². The topological polar surface area (TPSA) is 68.2 Å². The summed E-state index contributed by atoms with van der Waals surface area (Å²) in [5.74, 6) is -0.266. The number of benzene rings is 1. The van der Waals surface area contributed by atoms with Gasteiger partial charge in [-0.2, -0.15) is 0 Å². The second-order valence-corrected chi connectivity index (χ2v) is 7.38. The third-order valence-electron chi connectivity index (χ3n) is 5.00. The van der Waals surface area contributed by atoms with Crippen LogP contribution in [0.2, 0.25) is 5.02 Å². The van der Waals surface area contributed by atoms with Gasteiger partial charge in [0, 0.05) is 31.2 Å². The molecule has 2 aromatic heterocycles. The molecule has 6 nitrogen and oxygen atoms in total. The Morgan fingerprint density at radius 2 is 1.87 bits per heavy atom. The fraction of sp³-hybridized carbons (Fsp3) is 0.304. The maximum Gasteiger partial charge on any atom is 0.255 e. The first-order valence-corrected chi connectivity index (χ1v) is 10.5. The van der Waals surface area contributed by atoms with E-state index >= 15 is 0 Å². The van der Waals surface area contributed by atoms with E-state index < -0.39 is 5.82 Å². The van der Waals surface area contributed by atoms with Crippen molar-refractivity contribution >= 4 is 17.5 Å². The minimum Gasteiger partial charge on any atom is -0.472 e. The Morgan fingerprint density at radius 1 is 1.13 bits per heavy atom. The van der Waals surface area contributed by atoms with E-state index in [0.717, 1.165) is 0 Å². The fourth-order valence-corrected chi connectivity index (χ4v) is 3.66. The monoisotopic (exact) mass is 442 g/mol. The SMILES string of the molecule is CCC(C(C)Oc1ccc(Cl)cn1)N(CC)C(=O)c1cccc(F)c1-c1ncccn1. The van der Waals surface area contributed by atoms with Crippen LogP contribution in [0.15, 0.2) is 55.0 Å². The first kappa shape index (κ1) is 22.6. The quantitative estimate of drug-likeness (QED) is 0.489.